The summed E-state index contributed by atoms with van der Waals surface area (Å²) in [4.78, 5) is 17.3. The number of hydrogen-bond acceptors (Lipinski definition) is 4. The van der Waals surface area contributed by atoms with Gasteiger partial charge in [0.15, 0.2) is 0 Å². The molecular formula is C17H31N3O2. The molecule has 1 amide bonds. The molecule has 0 aromatic rings. The van der Waals surface area contributed by atoms with E-state index in [1.165, 1.54) is 25.7 Å². The van der Waals surface area contributed by atoms with Crippen LogP contribution in [0.2, 0.25) is 0 Å². The molecule has 2 unspecified atom stereocenters. The second kappa shape index (κ2) is 7.75. The maximum atomic E-state index is 12.3. The third-order valence-electron chi connectivity index (χ3n) is 5.65. The van der Waals surface area contributed by atoms with Gasteiger partial charge in [-0.05, 0) is 32.6 Å². The van der Waals surface area contributed by atoms with Crippen molar-refractivity contribution in [1.29, 1.82) is 0 Å². The van der Waals surface area contributed by atoms with Crippen LogP contribution < -0.4 is 5.32 Å². The average molecular weight is 309 g/mol. The molecule has 5 nitrogen and oxygen atoms in total. The van der Waals surface area contributed by atoms with Gasteiger partial charge < -0.3 is 10.1 Å². The molecule has 5 heteroatoms. The largest absolute Gasteiger partial charge is 0.376 e. The molecule has 0 aromatic carbocycles. The van der Waals surface area contributed by atoms with E-state index >= 15 is 0 Å². The van der Waals surface area contributed by atoms with Crippen molar-refractivity contribution >= 4 is 5.91 Å². The number of amides is 1. The van der Waals surface area contributed by atoms with Crippen molar-refractivity contribution in [3.05, 3.63) is 0 Å². The number of piperazine rings is 1. The lowest BCUT2D eigenvalue weighted by molar-refractivity contribution is -0.127. The zero-order valence-corrected chi connectivity index (χ0v) is 13.9. The predicted molar refractivity (Wildman–Crippen MR) is 86.8 cm³/mol. The summed E-state index contributed by atoms with van der Waals surface area (Å²) in [6, 6.07) is 0.790. The Bertz CT molecular complexity index is 357. The van der Waals surface area contributed by atoms with Crippen LogP contribution in [0, 0.1) is 0 Å². The van der Waals surface area contributed by atoms with Crippen LogP contribution in [0.15, 0.2) is 0 Å². The van der Waals surface area contributed by atoms with Gasteiger partial charge in [0.25, 0.3) is 0 Å². The van der Waals surface area contributed by atoms with Crippen molar-refractivity contribution in [2.45, 2.75) is 63.6 Å². The molecule has 1 saturated carbocycles. The Balaban J connectivity index is 1.38. The molecule has 2 saturated heterocycles. The first-order chi connectivity index (χ1) is 10.7. The number of carbonyl (C=O) groups is 1. The molecule has 2 aliphatic heterocycles. The summed E-state index contributed by atoms with van der Waals surface area (Å²) in [5.74, 6) is 0.157. The van der Waals surface area contributed by atoms with Gasteiger partial charge in [-0.1, -0.05) is 12.8 Å². The van der Waals surface area contributed by atoms with Crippen LogP contribution >= 0.6 is 0 Å². The van der Waals surface area contributed by atoms with Crippen LogP contribution in [-0.2, 0) is 9.53 Å². The monoisotopic (exact) mass is 309 g/mol. The van der Waals surface area contributed by atoms with E-state index in [1.807, 2.05) is 6.92 Å². The van der Waals surface area contributed by atoms with Crippen molar-refractivity contribution in [1.82, 2.24) is 15.1 Å². The Hall–Kier alpha value is -0.650. The first-order valence-electron chi connectivity index (χ1n) is 9.11. The van der Waals surface area contributed by atoms with Gasteiger partial charge in [-0.3, -0.25) is 14.6 Å². The highest BCUT2D eigenvalue weighted by Gasteiger charge is 2.30. The maximum absolute atomic E-state index is 12.3. The number of rotatable bonds is 5. The second-order valence-electron chi connectivity index (χ2n) is 7.07. The van der Waals surface area contributed by atoms with Crippen molar-refractivity contribution < 1.29 is 9.53 Å². The Morgan fingerprint density at radius 1 is 1.14 bits per heavy atom. The molecule has 0 aromatic heterocycles. The molecule has 2 atom stereocenters. The molecule has 3 aliphatic rings. The molecule has 3 fully saturated rings. The highest BCUT2D eigenvalue weighted by Crippen LogP contribution is 2.24. The zero-order valence-electron chi connectivity index (χ0n) is 13.9. The summed E-state index contributed by atoms with van der Waals surface area (Å²) in [6.45, 7) is 7.83. The Morgan fingerprint density at radius 2 is 1.86 bits per heavy atom. The topological polar surface area (TPSA) is 44.8 Å². The number of nitrogens with zero attached hydrogens (tertiary/aromatic N) is 2. The van der Waals surface area contributed by atoms with Gasteiger partial charge in [-0.25, -0.2) is 0 Å². The lowest BCUT2D eigenvalue weighted by atomic mass is 10.1. The van der Waals surface area contributed by atoms with Crippen LogP contribution in [0.3, 0.4) is 0 Å². The molecule has 0 bridgehead atoms. The minimum absolute atomic E-state index is 0.0212. The van der Waals surface area contributed by atoms with E-state index in [0.29, 0.717) is 6.54 Å². The standard InChI is InChI=1S/C17H31N3O2/c1-14(17(21)18-13-16-7-4-12-22-16)19-8-10-20(11-9-19)15-5-2-3-6-15/h14-16H,2-13H2,1H3,(H,18,21). The highest BCUT2D eigenvalue weighted by atomic mass is 16.5. The second-order valence-corrected chi connectivity index (χ2v) is 7.07. The number of hydrogen-bond donors (Lipinski definition) is 1. The summed E-state index contributed by atoms with van der Waals surface area (Å²) in [7, 11) is 0. The Morgan fingerprint density at radius 3 is 2.50 bits per heavy atom. The lowest BCUT2D eigenvalue weighted by Crippen LogP contribution is -2.55. The maximum Gasteiger partial charge on any atom is 0.237 e. The summed E-state index contributed by atoms with van der Waals surface area (Å²) in [5.41, 5.74) is 0. The van der Waals surface area contributed by atoms with Gasteiger partial charge in [0.05, 0.1) is 12.1 Å². The first-order valence-corrected chi connectivity index (χ1v) is 9.11. The summed E-state index contributed by atoms with van der Waals surface area (Å²) < 4.78 is 5.56. The van der Waals surface area contributed by atoms with E-state index in [-0.39, 0.29) is 18.1 Å². The van der Waals surface area contributed by atoms with E-state index < -0.39 is 0 Å². The van der Waals surface area contributed by atoms with Crippen molar-refractivity contribution in [2.24, 2.45) is 0 Å². The molecule has 1 N–H and O–H groups in total. The van der Waals surface area contributed by atoms with E-state index in [2.05, 4.69) is 15.1 Å². The van der Waals surface area contributed by atoms with Crippen molar-refractivity contribution in [3.8, 4) is 0 Å². The molecular weight excluding hydrogens is 278 g/mol. The third-order valence-corrected chi connectivity index (χ3v) is 5.65. The molecule has 22 heavy (non-hydrogen) atoms. The normalized spacial score (nSPS) is 29.8. The van der Waals surface area contributed by atoms with Crippen LogP contribution in [0.5, 0.6) is 0 Å². The van der Waals surface area contributed by atoms with Crippen LogP contribution in [0.25, 0.3) is 0 Å². The zero-order chi connectivity index (χ0) is 15.4. The van der Waals surface area contributed by atoms with E-state index in [0.717, 1.165) is 51.7 Å². The van der Waals surface area contributed by atoms with Crippen molar-refractivity contribution in [2.75, 3.05) is 39.3 Å². The molecule has 3 rings (SSSR count). The minimum atomic E-state index is -0.0212. The van der Waals surface area contributed by atoms with Gasteiger partial charge in [-0.2, -0.15) is 0 Å². The molecule has 0 spiro atoms. The van der Waals surface area contributed by atoms with Gasteiger partial charge in [0.2, 0.25) is 5.91 Å². The first kappa shape index (κ1) is 16.2. The SMILES string of the molecule is CC(C(=O)NCC1CCCO1)N1CCN(C2CCCC2)CC1. The highest BCUT2D eigenvalue weighted by molar-refractivity contribution is 5.81. The van der Waals surface area contributed by atoms with E-state index in [9.17, 15) is 4.79 Å². The summed E-state index contributed by atoms with van der Waals surface area (Å²) in [5, 5.41) is 3.07. The van der Waals surface area contributed by atoms with Gasteiger partial charge >= 0.3 is 0 Å². The van der Waals surface area contributed by atoms with Crippen LogP contribution in [0.4, 0.5) is 0 Å². The molecule has 2 heterocycles. The molecule has 1 aliphatic carbocycles. The number of ether oxygens (including phenoxy) is 1. The third kappa shape index (κ3) is 4.00. The predicted octanol–water partition coefficient (Wildman–Crippen LogP) is 1.23. The van der Waals surface area contributed by atoms with E-state index in [4.69, 9.17) is 4.74 Å². The fourth-order valence-corrected chi connectivity index (χ4v) is 4.09. The minimum Gasteiger partial charge on any atom is -0.376 e. The number of carbonyl (C=O) groups excluding carboxylic acids is 1. The Kier molecular flexibility index (Phi) is 5.71. The van der Waals surface area contributed by atoms with Crippen LogP contribution in [-0.4, -0.2) is 73.2 Å². The quantitative estimate of drug-likeness (QED) is 0.830. The summed E-state index contributed by atoms with van der Waals surface area (Å²) in [6.07, 6.45) is 7.97. The lowest BCUT2D eigenvalue weighted by Gasteiger charge is -2.40. The summed E-state index contributed by atoms with van der Waals surface area (Å²) >= 11 is 0. The average Bonchev–Trinajstić information content (AvgIpc) is 3.25. The smallest absolute Gasteiger partial charge is 0.237 e. The van der Waals surface area contributed by atoms with E-state index in [1.54, 1.807) is 0 Å². The number of nitrogens with one attached hydrogen (secondary N) is 1. The van der Waals surface area contributed by atoms with Gasteiger partial charge in [0.1, 0.15) is 0 Å². The van der Waals surface area contributed by atoms with Gasteiger partial charge in [0, 0.05) is 45.4 Å². The fraction of sp³-hybridized carbons (Fsp3) is 0.941. The molecule has 0 radical (unpaired) electrons. The van der Waals surface area contributed by atoms with Gasteiger partial charge in [-0.15, -0.1) is 0 Å². The fourth-order valence-electron chi connectivity index (χ4n) is 4.09. The Labute approximate surface area is 134 Å². The van der Waals surface area contributed by atoms with Crippen LogP contribution in [0.1, 0.15) is 45.4 Å². The van der Waals surface area contributed by atoms with Crippen molar-refractivity contribution in [3.63, 3.8) is 0 Å². The molecule has 126 valence electrons.